The van der Waals surface area contributed by atoms with E-state index in [-0.39, 0.29) is 12.5 Å². The minimum Gasteiger partial charge on any atom is -0.466 e. The summed E-state index contributed by atoms with van der Waals surface area (Å²) in [6, 6.07) is 11.0. The van der Waals surface area contributed by atoms with Crippen LogP contribution in [0, 0.1) is 13.8 Å². The van der Waals surface area contributed by atoms with Crippen molar-refractivity contribution >= 4 is 16.9 Å². The van der Waals surface area contributed by atoms with Crippen LogP contribution in [0.15, 0.2) is 45.2 Å². The highest BCUT2D eigenvalue weighted by Gasteiger charge is 2.28. The van der Waals surface area contributed by atoms with Gasteiger partial charge >= 0.3 is 0 Å². The molecule has 0 aliphatic carbocycles. The van der Waals surface area contributed by atoms with E-state index in [1.807, 2.05) is 24.3 Å². The van der Waals surface area contributed by atoms with Crippen molar-refractivity contribution in [3.63, 3.8) is 0 Å². The molecular formula is C18H19NO4. The Bertz CT molecular complexity index is 824. The Morgan fingerprint density at radius 1 is 1.22 bits per heavy atom. The van der Waals surface area contributed by atoms with Crippen molar-refractivity contribution in [2.75, 3.05) is 6.54 Å². The molecule has 3 aromatic rings. The van der Waals surface area contributed by atoms with E-state index in [4.69, 9.17) is 8.83 Å². The molecule has 5 heteroatoms. The largest absolute Gasteiger partial charge is 0.466 e. The summed E-state index contributed by atoms with van der Waals surface area (Å²) < 4.78 is 11.0. The Kier molecular flexibility index (Phi) is 3.74. The Labute approximate surface area is 133 Å². The predicted octanol–water partition coefficient (Wildman–Crippen LogP) is 3.28. The Hall–Kier alpha value is -2.53. The van der Waals surface area contributed by atoms with Crippen LogP contribution in [0.5, 0.6) is 0 Å². The van der Waals surface area contributed by atoms with Crippen LogP contribution in [0.4, 0.5) is 0 Å². The van der Waals surface area contributed by atoms with Crippen LogP contribution >= 0.6 is 0 Å². The molecule has 23 heavy (non-hydrogen) atoms. The quantitative estimate of drug-likeness (QED) is 0.775. The number of hydrogen-bond donors (Lipinski definition) is 2. The van der Waals surface area contributed by atoms with Crippen LogP contribution in [0.2, 0.25) is 0 Å². The number of carbonyl (C=O) groups excluding carboxylic acids is 1. The van der Waals surface area contributed by atoms with E-state index in [0.717, 1.165) is 5.39 Å². The van der Waals surface area contributed by atoms with E-state index in [2.05, 4.69) is 5.32 Å². The monoisotopic (exact) mass is 313 g/mol. The van der Waals surface area contributed by atoms with Gasteiger partial charge in [-0.15, -0.1) is 0 Å². The van der Waals surface area contributed by atoms with Crippen LogP contribution in [-0.4, -0.2) is 17.6 Å². The summed E-state index contributed by atoms with van der Waals surface area (Å²) in [5, 5.41) is 14.3. The maximum atomic E-state index is 12.2. The molecule has 2 heterocycles. The molecule has 1 aromatic carbocycles. The summed E-state index contributed by atoms with van der Waals surface area (Å²) in [6.07, 6.45) is 0. The summed E-state index contributed by atoms with van der Waals surface area (Å²) in [5.41, 5.74) is -0.125. The molecule has 0 fully saturated rings. The third-order valence-electron chi connectivity index (χ3n) is 3.84. The molecule has 0 aliphatic heterocycles. The zero-order chi connectivity index (χ0) is 16.6. The van der Waals surface area contributed by atoms with Crippen molar-refractivity contribution in [1.82, 2.24) is 5.32 Å². The standard InChI is InChI=1S/C18H19NO4/c1-11-8-14(12(2)22-11)17(20)19-10-18(3,21)16-9-13-6-4-5-7-15(13)23-16/h4-9,21H,10H2,1-3H3,(H,19,20)/t18-/m0/s1. The molecule has 0 spiro atoms. The SMILES string of the molecule is Cc1cc(C(=O)NC[C@](C)(O)c2cc3ccccc3o2)c(C)o1. The number of para-hydroxylation sites is 1. The third-order valence-corrected chi connectivity index (χ3v) is 3.84. The van der Waals surface area contributed by atoms with Gasteiger partial charge in [0, 0.05) is 5.39 Å². The van der Waals surface area contributed by atoms with E-state index in [1.54, 1.807) is 32.9 Å². The van der Waals surface area contributed by atoms with Crippen molar-refractivity contribution < 1.29 is 18.7 Å². The molecule has 0 bridgehead atoms. The summed E-state index contributed by atoms with van der Waals surface area (Å²) in [4.78, 5) is 12.2. The van der Waals surface area contributed by atoms with Crippen LogP contribution in [0.1, 0.15) is 34.6 Å². The lowest BCUT2D eigenvalue weighted by Crippen LogP contribution is -2.38. The predicted molar refractivity (Wildman–Crippen MR) is 86.3 cm³/mol. The van der Waals surface area contributed by atoms with Crippen LogP contribution in [-0.2, 0) is 5.60 Å². The van der Waals surface area contributed by atoms with Crippen molar-refractivity contribution in [3.05, 3.63) is 59.2 Å². The second-order valence-corrected chi connectivity index (χ2v) is 5.93. The van der Waals surface area contributed by atoms with Gasteiger partial charge < -0.3 is 19.3 Å². The molecule has 0 saturated carbocycles. The smallest absolute Gasteiger partial charge is 0.254 e. The zero-order valence-electron chi connectivity index (χ0n) is 13.3. The van der Waals surface area contributed by atoms with Gasteiger partial charge in [0.15, 0.2) is 0 Å². The van der Waals surface area contributed by atoms with Crippen LogP contribution in [0.25, 0.3) is 11.0 Å². The van der Waals surface area contributed by atoms with E-state index >= 15 is 0 Å². The lowest BCUT2D eigenvalue weighted by Gasteiger charge is -2.21. The number of fused-ring (bicyclic) bond motifs is 1. The normalized spacial score (nSPS) is 13.9. The van der Waals surface area contributed by atoms with Gasteiger partial charge in [0.25, 0.3) is 5.91 Å². The number of nitrogens with one attached hydrogen (secondary N) is 1. The van der Waals surface area contributed by atoms with Gasteiger partial charge in [0.05, 0.1) is 12.1 Å². The van der Waals surface area contributed by atoms with E-state index in [0.29, 0.717) is 28.4 Å². The molecule has 120 valence electrons. The lowest BCUT2D eigenvalue weighted by molar-refractivity contribution is 0.0344. The second-order valence-electron chi connectivity index (χ2n) is 5.93. The van der Waals surface area contributed by atoms with E-state index in [1.165, 1.54) is 0 Å². The maximum Gasteiger partial charge on any atom is 0.254 e. The highest BCUT2D eigenvalue weighted by atomic mass is 16.4. The van der Waals surface area contributed by atoms with Gasteiger partial charge in [0.2, 0.25) is 0 Å². The maximum absolute atomic E-state index is 12.2. The number of rotatable bonds is 4. The number of aryl methyl sites for hydroxylation is 2. The second kappa shape index (κ2) is 5.59. The first-order valence-corrected chi connectivity index (χ1v) is 7.43. The number of benzene rings is 1. The van der Waals surface area contributed by atoms with Gasteiger partial charge in [-0.3, -0.25) is 4.79 Å². The molecule has 1 atom stereocenters. The number of furan rings is 2. The molecule has 3 rings (SSSR count). The lowest BCUT2D eigenvalue weighted by atomic mass is 10.0. The first-order chi connectivity index (χ1) is 10.9. The Morgan fingerprint density at radius 3 is 2.61 bits per heavy atom. The van der Waals surface area contributed by atoms with Crippen molar-refractivity contribution in [2.45, 2.75) is 26.4 Å². The number of hydrogen-bond acceptors (Lipinski definition) is 4. The average molecular weight is 313 g/mol. The highest BCUT2D eigenvalue weighted by Crippen LogP contribution is 2.27. The van der Waals surface area contributed by atoms with Crippen molar-refractivity contribution in [2.24, 2.45) is 0 Å². The Morgan fingerprint density at radius 2 is 1.96 bits per heavy atom. The van der Waals surface area contributed by atoms with E-state index in [9.17, 15) is 9.90 Å². The number of carbonyl (C=O) groups is 1. The third kappa shape index (κ3) is 3.00. The molecule has 0 unspecified atom stereocenters. The fourth-order valence-electron chi connectivity index (χ4n) is 2.54. The fourth-order valence-corrected chi connectivity index (χ4v) is 2.54. The summed E-state index contributed by atoms with van der Waals surface area (Å²) in [6.45, 7) is 5.17. The molecule has 0 radical (unpaired) electrons. The number of aliphatic hydroxyl groups is 1. The summed E-state index contributed by atoms with van der Waals surface area (Å²) in [5.74, 6) is 1.37. The number of amides is 1. The molecule has 2 aromatic heterocycles. The first-order valence-electron chi connectivity index (χ1n) is 7.43. The molecular weight excluding hydrogens is 294 g/mol. The summed E-state index contributed by atoms with van der Waals surface area (Å²) in [7, 11) is 0. The molecule has 0 saturated heterocycles. The minimum absolute atomic E-state index is 0.0370. The van der Waals surface area contributed by atoms with Crippen LogP contribution in [0.3, 0.4) is 0 Å². The van der Waals surface area contributed by atoms with Gasteiger partial charge in [0.1, 0.15) is 28.5 Å². The van der Waals surface area contributed by atoms with Gasteiger partial charge in [-0.05, 0) is 39.0 Å². The van der Waals surface area contributed by atoms with Gasteiger partial charge in [-0.2, -0.15) is 0 Å². The van der Waals surface area contributed by atoms with Crippen molar-refractivity contribution in [3.8, 4) is 0 Å². The average Bonchev–Trinajstić information content (AvgIpc) is 3.08. The van der Waals surface area contributed by atoms with E-state index < -0.39 is 5.60 Å². The fraction of sp³-hybridized carbons (Fsp3) is 0.278. The zero-order valence-corrected chi connectivity index (χ0v) is 13.3. The molecule has 1 amide bonds. The van der Waals surface area contributed by atoms with Gasteiger partial charge in [-0.1, -0.05) is 18.2 Å². The summed E-state index contributed by atoms with van der Waals surface area (Å²) >= 11 is 0. The topological polar surface area (TPSA) is 75.6 Å². The van der Waals surface area contributed by atoms with Gasteiger partial charge in [-0.25, -0.2) is 0 Å². The highest BCUT2D eigenvalue weighted by molar-refractivity contribution is 5.95. The molecule has 2 N–H and O–H groups in total. The van der Waals surface area contributed by atoms with Crippen molar-refractivity contribution in [1.29, 1.82) is 0 Å². The minimum atomic E-state index is -1.30. The molecule has 5 nitrogen and oxygen atoms in total. The van der Waals surface area contributed by atoms with Crippen LogP contribution < -0.4 is 5.32 Å². The Balaban J connectivity index is 1.75. The first kappa shape index (κ1) is 15.4. The molecule has 0 aliphatic rings.